The van der Waals surface area contributed by atoms with Crippen LogP contribution in [0.1, 0.15) is 16.7 Å². The minimum atomic E-state index is 0. The number of ether oxygens (including phenoxy) is 4. The van der Waals surface area contributed by atoms with E-state index in [1.54, 1.807) is 21.3 Å². The standard InChI is InChI=1S/C25H27BrClNO4.ClH/c1-29-22-9-8-17(13-23(22)30-2)10-11-28-15-18-12-20(26)25(24(14-18)31-3)32-16-19-6-4-5-7-21(19)27;/h4-9,12-14,28H,10-11,15-16H2,1-3H3;1H. The molecule has 0 saturated heterocycles. The van der Waals surface area contributed by atoms with Crippen LogP contribution in [0, 0.1) is 0 Å². The monoisotopic (exact) mass is 555 g/mol. The van der Waals surface area contributed by atoms with Crippen molar-refractivity contribution in [1.82, 2.24) is 5.32 Å². The zero-order chi connectivity index (χ0) is 22.9. The van der Waals surface area contributed by atoms with Gasteiger partial charge in [-0.15, -0.1) is 12.4 Å². The summed E-state index contributed by atoms with van der Waals surface area (Å²) in [5, 5.41) is 4.15. The molecule has 3 aromatic carbocycles. The SMILES string of the molecule is COc1ccc(CCNCc2cc(Br)c(OCc3ccccc3Cl)c(OC)c2)cc1OC.Cl. The van der Waals surface area contributed by atoms with Gasteiger partial charge >= 0.3 is 0 Å². The maximum absolute atomic E-state index is 6.23. The number of methoxy groups -OCH3 is 3. The third kappa shape index (κ3) is 7.44. The first-order valence-corrected chi connectivity index (χ1v) is 11.4. The average molecular weight is 557 g/mol. The Morgan fingerprint density at radius 1 is 0.848 bits per heavy atom. The molecule has 0 saturated carbocycles. The summed E-state index contributed by atoms with van der Waals surface area (Å²) in [6.45, 7) is 1.88. The second kappa shape index (κ2) is 13.6. The third-order valence-corrected chi connectivity index (χ3v) is 5.94. The van der Waals surface area contributed by atoms with Gasteiger partial charge in [0.2, 0.25) is 0 Å². The first kappa shape index (κ1) is 27.1. The number of nitrogens with one attached hydrogen (secondary N) is 1. The van der Waals surface area contributed by atoms with E-state index in [9.17, 15) is 0 Å². The second-order valence-corrected chi connectivity index (χ2v) is 8.37. The lowest BCUT2D eigenvalue weighted by atomic mass is 10.1. The highest BCUT2D eigenvalue weighted by Gasteiger charge is 2.13. The molecule has 0 aliphatic carbocycles. The predicted molar refractivity (Wildman–Crippen MR) is 139 cm³/mol. The maximum Gasteiger partial charge on any atom is 0.175 e. The van der Waals surface area contributed by atoms with E-state index in [-0.39, 0.29) is 12.4 Å². The maximum atomic E-state index is 6.23. The van der Waals surface area contributed by atoms with Crippen molar-refractivity contribution in [3.8, 4) is 23.0 Å². The van der Waals surface area contributed by atoms with Crippen LogP contribution in [-0.4, -0.2) is 27.9 Å². The van der Waals surface area contributed by atoms with Gasteiger partial charge in [0, 0.05) is 17.1 Å². The van der Waals surface area contributed by atoms with E-state index in [0.717, 1.165) is 40.1 Å². The van der Waals surface area contributed by atoms with E-state index in [1.807, 2.05) is 54.6 Å². The zero-order valence-electron chi connectivity index (χ0n) is 18.8. The van der Waals surface area contributed by atoms with Gasteiger partial charge in [-0.25, -0.2) is 0 Å². The van der Waals surface area contributed by atoms with Crippen molar-refractivity contribution < 1.29 is 18.9 Å². The Kier molecular flexibility index (Phi) is 11.1. The number of rotatable bonds is 11. The van der Waals surface area contributed by atoms with Gasteiger partial charge in [0.15, 0.2) is 23.0 Å². The second-order valence-electron chi connectivity index (χ2n) is 7.11. The topological polar surface area (TPSA) is 49.0 Å². The van der Waals surface area contributed by atoms with Crippen LogP contribution in [0.5, 0.6) is 23.0 Å². The Labute approximate surface area is 214 Å². The summed E-state index contributed by atoms with van der Waals surface area (Å²) >= 11 is 9.85. The molecule has 33 heavy (non-hydrogen) atoms. The van der Waals surface area contributed by atoms with Crippen molar-refractivity contribution in [3.63, 3.8) is 0 Å². The van der Waals surface area contributed by atoms with Gasteiger partial charge in [0.1, 0.15) is 6.61 Å². The Morgan fingerprint density at radius 2 is 1.55 bits per heavy atom. The Bertz CT molecular complexity index is 1050. The van der Waals surface area contributed by atoms with Gasteiger partial charge in [-0.2, -0.15) is 0 Å². The number of hydrogen-bond acceptors (Lipinski definition) is 5. The fraction of sp³-hybridized carbons (Fsp3) is 0.280. The molecule has 0 unspecified atom stereocenters. The van der Waals surface area contributed by atoms with Crippen molar-refractivity contribution in [2.45, 2.75) is 19.6 Å². The molecular weight excluding hydrogens is 529 g/mol. The molecule has 0 aromatic heterocycles. The lowest BCUT2D eigenvalue weighted by molar-refractivity contribution is 0.282. The molecule has 0 aliphatic rings. The molecule has 0 radical (unpaired) electrons. The molecule has 0 aliphatic heterocycles. The molecular formula is C25H28BrCl2NO4. The van der Waals surface area contributed by atoms with Gasteiger partial charge in [-0.1, -0.05) is 35.9 Å². The number of benzene rings is 3. The van der Waals surface area contributed by atoms with E-state index in [4.69, 9.17) is 30.5 Å². The molecule has 1 N–H and O–H groups in total. The quantitative estimate of drug-likeness (QED) is 0.275. The molecule has 0 heterocycles. The molecule has 8 heteroatoms. The van der Waals surface area contributed by atoms with Crippen LogP contribution in [0.15, 0.2) is 59.1 Å². The van der Waals surface area contributed by atoms with E-state index < -0.39 is 0 Å². The molecule has 0 fully saturated rings. The number of hydrogen-bond donors (Lipinski definition) is 1. The highest BCUT2D eigenvalue weighted by molar-refractivity contribution is 9.10. The van der Waals surface area contributed by atoms with Gasteiger partial charge in [-0.05, 0) is 70.4 Å². The zero-order valence-corrected chi connectivity index (χ0v) is 22.0. The fourth-order valence-electron chi connectivity index (χ4n) is 3.28. The largest absolute Gasteiger partial charge is 0.493 e. The summed E-state index contributed by atoms with van der Waals surface area (Å²) in [6, 6.07) is 17.6. The molecule has 178 valence electrons. The van der Waals surface area contributed by atoms with E-state index in [1.165, 1.54) is 5.56 Å². The van der Waals surface area contributed by atoms with Crippen molar-refractivity contribution in [2.24, 2.45) is 0 Å². The summed E-state index contributed by atoms with van der Waals surface area (Å²) in [5.41, 5.74) is 3.19. The van der Waals surface area contributed by atoms with E-state index in [0.29, 0.717) is 29.7 Å². The average Bonchev–Trinajstić information content (AvgIpc) is 2.81. The Balaban J connectivity index is 0.00000385. The lowest BCUT2D eigenvalue weighted by Gasteiger charge is -2.15. The van der Waals surface area contributed by atoms with Crippen LogP contribution in [-0.2, 0) is 19.6 Å². The molecule has 3 rings (SSSR count). The smallest absolute Gasteiger partial charge is 0.175 e. The summed E-state index contributed by atoms with van der Waals surface area (Å²) < 4.78 is 23.1. The molecule has 5 nitrogen and oxygen atoms in total. The fourth-order valence-corrected chi connectivity index (χ4v) is 4.08. The van der Waals surface area contributed by atoms with Crippen LogP contribution in [0.4, 0.5) is 0 Å². The van der Waals surface area contributed by atoms with Crippen LogP contribution in [0.2, 0.25) is 5.02 Å². The Hall–Kier alpha value is -2.12. The first-order chi connectivity index (χ1) is 15.5. The molecule has 0 bridgehead atoms. The lowest BCUT2D eigenvalue weighted by Crippen LogP contribution is -2.17. The minimum absolute atomic E-state index is 0. The molecule has 0 amide bonds. The molecule has 3 aromatic rings. The molecule has 0 spiro atoms. The van der Waals surface area contributed by atoms with Gasteiger partial charge < -0.3 is 24.3 Å². The highest BCUT2D eigenvalue weighted by atomic mass is 79.9. The van der Waals surface area contributed by atoms with Crippen LogP contribution < -0.4 is 24.3 Å². The van der Waals surface area contributed by atoms with Gasteiger partial charge in [0.05, 0.1) is 25.8 Å². The van der Waals surface area contributed by atoms with Crippen molar-refractivity contribution in [1.29, 1.82) is 0 Å². The van der Waals surface area contributed by atoms with Crippen molar-refractivity contribution in [2.75, 3.05) is 27.9 Å². The summed E-state index contributed by atoms with van der Waals surface area (Å²) in [6.07, 6.45) is 0.873. The highest BCUT2D eigenvalue weighted by Crippen LogP contribution is 2.37. The third-order valence-electron chi connectivity index (χ3n) is 4.99. The minimum Gasteiger partial charge on any atom is -0.493 e. The first-order valence-electron chi connectivity index (χ1n) is 10.2. The van der Waals surface area contributed by atoms with Gasteiger partial charge in [0.25, 0.3) is 0 Å². The van der Waals surface area contributed by atoms with Crippen molar-refractivity contribution in [3.05, 3.63) is 80.8 Å². The predicted octanol–water partition coefficient (Wildman–Crippen LogP) is 6.46. The van der Waals surface area contributed by atoms with E-state index >= 15 is 0 Å². The van der Waals surface area contributed by atoms with Crippen LogP contribution >= 0.6 is 39.9 Å². The molecule has 0 atom stereocenters. The summed E-state index contributed by atoms with van der Waals surface area (Å²) in [7, 11) is 4.92. The van der Waals surface area contributed by atoms with Crippen molar-refractivity contribution >= 4 is 39.9 Å². The number of halogens is 3. The summed E-state index contributed by atoms with van der Waals surface area (Å²) in [4.78, 5) is 0. The van der Waals surface area contributed by atoms with Crippen LogP contribution in [0.3, 0.4) is 0 Å². The van der Waals surface area contributed by atoms with E-state index in [2.05, 4.69) is 21.2 Å². The Morgan fingerprint density at radius 3 is 2.24 bits per heavy atom. The van der Waals surface area contributed by atoms with Gasteiger partial charge in [-0.3, -0.25) is 0 Å². The normalized spacial score (nSPS) is 10.3. The summed E-state index contributed by atoms with van der Waals surface area (Å²) in [5.74, 6) is 2.80. The van der Waals surface area contributed by atoms with Crippen LogP contribution in [0.25, 0.3) is 0 Å².